The van der Waals surface area contributed by atoms with Crippen molar-refractivity contribution in [2.24, 2.45) is 0 Å². The molecule has 0 saturated carbocycles. The first-order chi connectivity index (χ1) is 13.7. The largest absolute Gasteiger partial charge is 0.508 e. The van der Waals surface area contributed by atoms with E-state index in [2.05, 4.69) is 48.5 Å². The van der Waals surface area contributed by atoms with Gasteiger partial charge in [0.1, 0.15) is 11.5 Å². The number of hydrogen-bond donors (Lipinski definition) is 2. The molecule has 0 aliphatic heterocycles. The quantitative estimate of drug-likeness (QED) is 0.482. The molecule has 2 nitrogen and oxygen atoms in total. The van der Waals surface area contributed by atoms with Crippen molar-refractivity contribution < 1.29 is 10.2 Å². The minimum absolute atomic E-state index is 0.258. The van der Waals surface area contributed by atoms with Crippen molar-refractivity contribution in [2.45, 2.75) is 11.8 Å². The van der Waals surface area contributed by atoms with Gasteiger partial charge in [-0.25, -0.2) is 0 Å². The van der Waals surface area contributed by atoms with Gasteiger partial charge in [0, 0.05) is 5.41 Å². The second kappa shape index (κ2) is 6.28. The molecule has 2 N–H and O–H groups in total. The Hall–Kier alpha value is -3.52. The van der Waals surface area contributed by atoms with E-state index in [1.807, 2.05) is 24.3 Å². The fraction of sp³-hybridized carbons (Fsp3) is 0.0769. The smallest absolute Gasteiger partial charge is 0.115 e. The average molecular weight is 364 g/mol. The first-order valence-electron chi connectivity index (χ1n) is 9.45. The zero-order chi connectivity index (χ0) is 19.1. The van der Waals surface area contributed by atoms with E-state index in [0.717, 1.165) is 17.5 Å². The van der Waals surface area contributed by atoms with Gasteiger partial charge >= 0.3 is 0 Å². The van der Waals surface area contributed by atoms with Gasteiger partial charge in [0.15, 0.2) is 0 Å². The maximum Gasteiger partial charge on any atom is 0.115 e. The Morgan fingerprint density at radius 3 is 1.64 bits per heavy atom. The van der Waals surface area contributed by atoms with Crippen LogP contribution in [0.2, 0.25) is 0 Å². The van der Waals surface area contributed by atoms with Crippen molar-refractivity contribution in [1.29, 1.82) is 0 Å². The highest BCUT2D eigenvalue weighted by atomic mass is 16.3. The van der Waals surface area contributed by atoms with Gasteiger partial charge in [-0.3, -0.25) is 0 Å². The summed E-state index contributed by atoms with van der Waals surface area (Å²) in [7, 11) is 0. The number of aromatic hydroxyl groups is 2. The molecular weight excluding hydrogens is 344 g/mol. The van der Waals surface area contributed by atoms with Crippen LogP contribution in [-0.2, 0) is 11.8 Å². The fourth-order valence-electron chi connectivity index (χ4n) is 4.58. The standard InChI is InChI=1S/C26H20O2/c27-21-13-9-19(10-14-21)26(20-11-15-22(28)16-12-20)17-18-5-1-2-6-23(18)24-7-3-4-8-25(24)26/h1-16,27-28H,17H2. The summed E-state index contributed by atoms with van der Waals surface area (Å²) in [5.41, 5.74) is 6.88. The lowest BCUT2D eigenvalue weighted by Gasteiger charge is -2.41. The molecule has 0 fully saturated rings. The third-order valence-corrected chi connectivity index (χ3v) is 5.87. The van der Waals surface area contributed by atoms with E-state index in [4.69, 9.17) is 0 Å². The first-order valence-corrected chi connectivity index (χ1v) is 9.45. The van der Waals surface area contributed by atoms with E-state index < -0.39 is 5.41 Å². The Balaban J connectivity index is 1.87. The van der Waals surface area contributed by atoms with Gasteiger partial charge in [-0.15, -0.1) is 0 Å². The van der Waals surface area contributed by atoms with Crippen molar-refractivity contribution >= 4 is 0 Å². The third-order valence-electron chi connectivity index (χ3n) is 5.87. The topological polar surface area (TPSA) is 40.5 Å². The Morgan fingerprint density at radius 2 is 1.04 bits per heavy atom. The van der Waals surface area contributed by atoms with Gasteiger partial charge in [0.2, 0.25) is 0 Å². The van der Waals surface area contributed by atoms with Crippen molar-refractivity contribution in [1.82, 2.24) is 0 Å². The summed E-state index contributed by atoms with van der Waals surface area (Å²) in [4.78, 5) is 0. The molecule has 4 aromatic carbocycles. The SMILES string of the molecule is Oc1ccc(C2(c3ccc(O)cc3)Cc3ccccc3-c3ccccc32)cc1. The van der Waals surface area contributed by atoms with E-state index in [9.17, 15) is 10.2 Å². The third kappa shape index (κ3) is 2.42. The molecule has 4 aromatic rings. The maximum atomic E-state index is 9.87. The molecule has 28 heavy (non-hydrogen) atoms. The first kappa shape index (κ1) is 16.6. The fourth-order valence-corrected chi connectivity index (χ4v) is 4.58. The number of benzene rings is 4. The lowest BCUT2D eigenvalue weighted by Crippen LogP contribution is -2.35. The summed E-state index contributed by atoms with van der Waals surface area (Å²) in [6.45, 7) is 0. The van der Waals surface area contributed by atoms with E-state index >= 15 is 0 Å². The molecule has 5 rings (SSSR count). The van der Waals surface area contributed by atoms with Crippen molar-refractivity contribution in [2.75, 3.05) is 0 Å². The summed E-state index contributed by atoms with van der Waals surface area (Å²) in [5.74, 6) is 0.517. The molecule has 0 unspecified atom stereocenters. The molecule has 1 aliphatic rings. The summed E-state index contributed by atoms with van der Waals surface area (Å²) in [6, 6.07) is 32.1. The Bertz CT molecular complexity index is 1100. The summed E-state index contributed by atoms with van der Waals surface area (Å²) >= 11 is 0. The zero-order valence-corrected chi connectivity index (χ0v) is 15.3. The lowest BCUT2D eigenvalue weighted by atomic mass is 9.61. The van der Waals surface area contributed by atoms with Crippen molar-refractivity contribution in [3.63, 3.8) is 0 Å². The molecule has 2 heteroatoms. The minimum Gasteiger partial charge on any atom is -0.508 e. The van der Waals surface area contributed by atoms with Gasteiger partial charge in [-0.2, -0.15) is 0 Å². The second-order valence-electron chi connectivity index (χ2n) is 7.38. The van der Waals surface area contributed by atoms with E-state index in [0.29, 0.717) is 0 Å². The molecule has 0 bridgehead atoms. The van der Waals surface area contributed by atoms with Crippen LogP contribution in [0.15, 0.2) is 97.1 Å². The van der Waals surface area contributed by atoms with Crippen LogP contribution < -0.4 is 0 Å². The number of rotatable bonds is 2. The molecule has 0 amide bonds. The van der Waals surface area contributed by atoms with Gasteiger partial charge in [-0.05, 0) is 64.1 Å². The van der Waals surface area contributed by atoms with Crippen molar-refractivity contribution in [3.05, 3.63) is 119 Å². The number of hydrogen-bond acceptors (Lipinski definition) is 2. The van der Waals surface area contributed by atoms with Crippen LogP contribution in [0.5, 0.6) is 11.5 Å². The Kier molecular flexibility index (Phi) is 3.73. The second-order valence-corrected chi connectivity index (χ2v) is 7.38. The lowest BCUT2D eigenvalue weighted by molar-refractivity contribution is 0.473. The van der Waals surface area contributed by atoms with Crippen LogP contribution in [0, 0.1) is 0 Å². The van der Waals surface area contributed by atoms with E-state index in [1.54, 1.807) is 24.3 Å². The molecule has 0 atom stereocenters. The van der Waals surface area contributed by atoms with Crippen LogP contribution in [0.3, 0.4) is 0 Å². The van der Waals surface area contributed by atoms with Gasteiger partial charge in [0.25, 0.3) is 0 Å². The highest BCUT2D eigenvalue weighted by molar-refractivity contribution is 5.78. The Morgan fingerprint density at radius 1 is 0.536 bits per heavy atom. The minimum atomic E-state index is -0.396. The molecule has 136 valence electrons. The number of phenols is 2. The molecule has 0 aromatic heterocycles. The van der Waals surface area contributed by atoms with Gasteiger partial charge in [0.05, 0.1) is 0 Å². The highest BCUT2D eigenvalue weighted by Gasteiger charge is 2.41. The average Bonchev–Trinajstić information content (AvgIpc) is 2.74. The van der Waals surface area contributed by atoms with E-state index in [1.165, 1.54) is 22.3 Å². The van der Waals surface area contributed by atoms with Crippen molar-refractivity contribution in [3.8, 4) is 22.6 Å². The van der Waals surface area contributed by atoms with Crippen LogP contribution in [0.4, 0.5) is 0 Å². The maximum absolute atomic E-state index is 9.87. The summed E-state index contributed by atoms with van der Waals surface area (Å²) in [5, 5.41) is 19.7. The molecule has 0 radical (unpaired) electrons. The molecule has 1 aliphatic carbocycles. The van der Waals surface area contributed by atoms with E-state index in [-0.39, 0.29) is 11.5 Å². The van der Waals surface area contributed by atoms with Crippen LogP contribution in [0.25, 0.3) is 11.1 Å². The molecule has 0 spiro atoms. The predicted octanol–water partition coefficient (Wildman–Crippen LogP) is 5.66. The monoisotopic (exact) mass is 364 g/mol. The molecule has 0 saturated heterocycles. The van der Waals surface area contributed by atoms with Crippen LogP contribution in [0.1, 0.15) is 22.3 Å². The number of fused-ring (bicyclic) bond motifs is 3. The van der Waals surface area contributed by atoms with Gasteiger partial charge < -0.3 is 10.2 Å². The van der Waals surface area contributed by atoms with Gasteiger partial charge in [-0.1, -0.05) is 72.8 Å². The van der Waals surface area contributed by atoms with Crippen LogP contribution >= 0.6 is 0 Å². The van der Waals surface area contributed by atoms with Crippen LogP contribution in [-0.4, -0.2) is 10.2 Å². The normalized spacial score (nSPS) is 14.1. The Labute approximate surface area is 164 Å². The summed E-state index contributed by atoms with van der Waals surface area (Å²) < 4.78 is 0. The molecule has 0 heterocycles. The number of phenolic OH excluding ortho intramolecular Hbond substituents is 2. The summed E-state index contributed by atoms with van der Waals surface area (Å²) in [6.07, 6.45) is 0.815. The predicted molar refractivity (Wildman–Crippen MR) is 112 cm³/mol. The molecular formula is C26H20O2. The highest BCUT2D eigenvalue weighted by Crippen LogP contribution is 2.50. The zero-order valence-electron chi connectivity index (χ0n) is 15.3.